The molecule has 5 heteroatoms. The van der Waals surface area contributed by atoms with Crippen molar-refractivity contribution in [1.82, 2.24) is 14.8 Å². The van der Waals surface area contributed by atoms with Crippen LogP contribution in [0.25, 0.3) is 16.6 Å². The number of aromatic nitrogens is 3. The predicted molar refractivity (Wildman–Crippen MR) is 69.8 cm³/mol. The van der Waals surface area contributed by atoms with E-state index in [-0.39, 0.29) is 0 Å². The molecule has 0 aliphatic heterocycles. The van der Waals surface area contributed by atoms with Gasteiger partial charge in [-0.05, 0) is 23.6 Å². The van der Waals surface area contributed by atoms with Crippen LogP contribution in [0.15, 0.2) is 42.7 Å². The quantitative estimate of drug-likeness (QED) is 0.744. The molecule has 1 aromatic carbocycles. The Morgan fingerprint density at radius 3 is 2.83 bits per heavy atom. The van der Waals surface area contributed by atoms with Gasteiger partial charge in [0.05, 0.1) is 7.11 Å². The summed E-state index contributed by atoms with van der Waals surface area (Å²) < 4.78 is 6.90. The molecule has 5 nitrogen and oxygen atoms in total. The SMILES string of the molecule is COc1ccc2ccnc(-n3ccc(N)n3)c2c1. The van der Waals surface area contributed by atoms with Gasteiger partial charge in [-0.1, -0.05) is 6.07 Å². The van der Waals surface area contributed by atoms with Gasteiger partial charge in [0, 0.05) is 23.8 Å². The zero-order valence-corrected chi connectivity index (χ0v) is 9.87. The fourth-order valence-electron chi connectivity index (χ4n) is 1.90. The summed E-state index contributed by atoms with van der Waals surface area (Å²) in [5, 5.41) is 6.23. The summed E-state index contributed by atoms with van der Waals surface area (Å²) in [6, 6.07) is 9.54. The van der Waals surface area contributed by atoms with Crippen LogP contribution in [0.4, 0.5) is 5.82 Å². The molecule has 0 fully saturated rings. The summed E-state index contributed by atoms with van der Waals surface area (Å²) >= 11 is 0. The minimum Gasteiger partial charge on any atom is -0.497 e. The lowest BCUT2D eigenvalue weighted by Gasteiger charge is -2.07. The molecule has 0 saturated heterocycles. The van der Waals surface area contributed by atoms with Crippen molar-refractivity contribution < 1.29 is 4.74 Å². The van der Waals surface area contributed by atoms with E-state index in [9.17, 15) is 0 Å². The summed E-state index contributed by atoms with van der Waals surface area (Å²) in [4.78, 5) is 4.36. The second kappa shape index (κ2) is 4.03. The molecule has 0 radical (unpaired) electrons. The summed E-state index contributed by atoms with van der Waals surface area (Å²) in [6.07, 6.45) is 3.54. The lowest BCUT2D eigenvalue weighted by Crippen LogP contribution is -2.00. The molecule has 2 aromatic heterocycles. The Labute approximate surface area is 104 Å². The van der Waals surface area contributed by atoms with Gasteiger partial charge in [0.25, 0.3) is 0 Å². The molecule has 0 unspecified atom stereocenters. The van der Waals surface area contributed by atoms with E-state index >= 15 is 0 Å². The van der Waals surface area contributed by atoms with E-state index in [4.69, 9.17) is 10.5 Å². The second-order valence-corrected chi connectivity index (χ2v) is 3.91. The molecule has 0 bridgehead atoms. The van der Waals surface area contributed by atoms with Gasteiger partial charge in [-0.3, -0.25) is 0 Å². The van der Waals surface area contributed by atoms with Gasteiger partial charge in [-0.2, -0.15) is 0 Å². The smallest absolute Gasteiger partial charge is 0.161 e. The third kappa shape index (κ3) is 1.66. The number of nitrogen functional groups attached to an aromatic ring is 1. The van der Waals surface area contributed by atoms with E-state index in [0.29, 0.717) is 5.82 Å². The van der Waals surface area contributed by atoms with Crippen molar-refractivity contribution in [2.45, 2.75) is 0 Å². The molecule has 0 atom stereocenters. The highest BCUT2D eigenvalue weighted by Crippen LogP contribution is 2.24. The molecule has 3 rings (SSSR count). The Hall–Kier alpha value is -2.56. The first-order valence-corrected chi connectivity index (χ1v) is 5.52. The average molecular weight is 240 g/mol. The molecule has 18 heavy (non-hydrogen) atoms. The van der Waals surface area contributed by atoms with Crippen molar-refractivity contribution in [1.29, 1.82) is 0 Å². The standard InChI is InChI=1S/C13H12N4O/c1-18-10-3-2-9-4-6-15-13(11(9)8-10)17-7-5-12(14)16-17/h2-8H,1H3,(H2,14,16). The molecule has 2 N–H and O–H groups in total. The average Bonchev–Trinajstić information content (AvgIpc) is 2.84. The number of rotatable bonds is 2. The number of nitrogens with zero attached hydrogens (tertiary/aromatic N) is 3. The number of nitrogens with two attached hydrogens (primary N) is 1. The maximum atomic E-state index is 5.63. The van der Waals surface area contributed by atoms with Gasteiger partial charge >= 0.3 is 0 Å². The summed E-state index contributed by atoms with van der Waals surface area (Å²) in [5.74, 6) is 2.00. The minimum absolute atomic E-state index is 0.469. The van der Waals surface area contributed by atoms with Crippen LogP contribution in [0.2, 0.25) is 0 Å². The van der Waals surface area contributed by atoms with E-state index in [1.807, 2.05) is 24.3 Å². The molecule has 3 aromatic rings. The predicted octanol–water partition coefficient (Wildman–Crippen LogP) is 2.01. The third-order valence-corrected chi connectivity index (χ3v) is 2.78. The van der Waals surface area contributed by atoms with Gasteiger partial charge in [0.1, 0.15) is 11.6 Å². The first-order valence-electron chi connectivity index (χ1n) is 5.52. The van der Waals surface area contributed by atoms with Crippen molar-refractivity contribution in [3.05, 3.63) is 42.7 Å². The second-order valence-electron chi connectivity index (χ2n) is 3.91. The number of benzene rings is 1. The van der Waals surface area contributed by atoms with E-state index in [2.05, 4.69) is 10.1 Å². The van der Waals surface area contributed by atoms with Crippen molar-refractivity contribution >= 4 is 16.6 Å². The fraction of sp³-hybridized carbons (Fsp3) is 0.0769. The van der Waals surface area contributed by atoms with E-state index in [0.717, 1.165) is 22.3 Å². The highest BCUT2D eigenvalue weighted by atomic mass is 16.5. The van der Waals surface area contributed by atoms with Gasteiger partial charge < -0.3 is 10.5 Å². The van der Waals surface area contributed by atoms with E-state index in [1.54, 1.807) is 30.3 Å². The van der Waals surface area contributed by atoms with Crippen LogP contribution in [0, 0.1) is 0 Å². The Kier molecular flexibility index (Phi) is 2.37. The number of hydrogen-bond donors (Lipinski definition) is 1. The molecule has 0 amide bonds. The number of anilines is 1. The Morgan fingerprint density at radius 1 is 1.22 bits per heavy atom. The number of fused-ring (bicyclic) bond motifs is 1. The van der Waals surface area contributed by atoms with Crippen molar-refractivity contribution in [2.75, 3.05) is 12.8 Å². The van der Waals surface area contributed by atoms with Crippen LogP contribution >= 0.6 is 0 Å². The highest BCUT2D eigenvalue weighted by Gasteiger charge is 2.07. The normalized spacial score (nSPS) is 10.7. The van der Waals surface area contributed by atoms with Crippen molar-refractivity contribution in [3.63, 3.8) is 0 Å². The van der Waals surface area contributed by atoms with Gasteiger partial charge in [0.15, 0.2) is 5.82 Å². The van der Waals surface area contributed by atoms with Crippen LogP contribution in [-0.4, -0.2) is 21.9 Å². The molecule has 0 spiro atoms. The summed E-state index contributed by atoms with van der Waals surface area (Å²) in [5.41, 5.74) is 5.63. The molecular formula is C13H12N4O. The first kappa shape index (κ1) is 10.6. The number of ether oxygens (including phenoxy) is 1. The lowest BCUT2D eigenvalue weighted by molar-refractivity contribution is 0.415. The Balaban J connectivity index is 2.28. The molecule has 2 heterocycles. The number of hydrogen-bond acceptors (Lipinski definition) is 4. The van der Waals surface area contributed by atoms with E-state index < -0.39 is 0 Å². The summed E-state index contributed by atoms with van der Waals surface area (Å²) in [7, 11) is 1.64. The highest BCUT2D eigenvalue weighted by molar-refractivity contribution is 5.89. The molecule has 0 aliphatic carbocycles. The Morgan fingerprint density at radius 2 is 2.11 bits per heavy atom. The van der Waals surface area contributed by atoms with Crippen molar-refractivity contribution in [3.8, 4) is 11.6 Å². The zero-order chi connectivity index (χ0) is 12.5. The fourth-order valence-corrected chi connectivity index (χ4v) is 1.90. The van der Waals surface area contributed by atoms with Gasteiger partial charge in [-0.25, -0.2) is 9.67 Å². The van der Waals surface area contributed by atoms with Crippen LogP contribution < -0.4 is 10.5 Å². The summed E-state index contributed by atoms with van der Waals surface area (Å²) in [6.45, 7) is 0. The van der Waals surface area contributed by atoms with Gasteiger partial charge in [-0.15, -0.1) is 5.10 Å². The van der Waals surface area contributed by atoms with Crippen LogP contribution in [-0.2, 0) is 0 Å². The van der Waals surface area contributed by atoms with Crippen molar-refractivity contribution in [2.24, 2.45) is 0 Å². The maximum Gasteiger partial charge on any atom is 0.161 e. The van der Waals surface area contributed by atoms with Gasteiger partial charge in [0.2, 0.25) is 0 Å². The first-order chi connectivity index (χ1) is 8.78. The zero-order valence-electron chi connectivity index (χ0n) is 9.87. The minimum atomic E-state index is 0.469. The van der Waals surface area contributed by atoms with E-state index in [1.165, 1.54) is 0 Å². The number of pyridine rings is 1. The monoisotopic (exact) mass is 240 g/mol. The van der Waals surface area contributed by atoms with Crippen LogP contribution in [0.1, 0.15) is 0 Å². The van der Waals surface area contributed by atoms with Crippen LogP contribution in [0.3, 0.4) is 0 Å². The molecule has 0 aliphatic rings. The maximum absolute atomic E-state index is 5.63. The molecular weight excluding hydrogens is 228 g/mol. The number of methoxy groups -OCH3 is 1. The molecule has 0 saturated carbocycles. The largest absolute Gasteiger partial charge is 0.497 e. The third-order valence-electron chi connectivity index (χ3n) is 2.78. The lowest BCUT2D eigenvalue weighted by atomic mass is 10.1. The Bertz CT molecular complexity index is 705. The molecule has 90 valence electrons. The topological polar surface area (TPSA) is 66.0 Å². The van der Waals surface area contributed by atoms with Crippen LogP contribution in [0.5, 0.6) is 5.75 Å².